The largest absolute Gasteiger partial charge is 0.207 e. The SMILES string of the molecule is Cc1cccc(C(CBr)Cc2cc(F)cc(F)c2)c1. The van der Waals surface area contributed by atoms with Gasteiger partial charge in [0.05, 0.1) is 0 Å². The molecule has 100 valence electrons. The van der Waals surface area contributed by atoms with Gasteiger partial charge in [-0.25, -0.2) is 8.78 Å². The van der Waals surface area contributed by atoms with Gasteiger partial charge in [0.15, 0.2) is 0 Å². The van der Waals surface area contributed by atoms with Crippen LogP contribution in [0.25, 0.3) is 0 Å². The molecule has 2 aromatic carbocycles. The highest BCUT2D eigenvalue weighted by Crippen LogP contribution is 2.24. The van der Waals surface area contributed by atoms with Crippen LogP contribution >= 0.6 is 15.9 Å². The fourth-order valence-electron chi connectivity index (χ4n) is 2.20. The Morgan fingerprint density at radius 3 is 2.32 bits per heavy atom. The molecule has 0 amide bonds. The summed E-state index contributed by atoms with van der Waals surface area (Å²) in [6.45, 7) is 2.04. The second kappa shape index (κ2) is 6.29. The van der Waals surface area contributed by atoms with Crippen LogP contribution in [-0.4, -0.2) is 5.33 Å². The third-order valence-corrected chi connectivity index (χ3v) is 3.89. The predicted octanol–water partition coefficient (Wildman–Crippen LogP) is 4.99. The Balaban J connectivity index is 2.23. The highest BCUT2D eigenvalue weighted by molar-refractivity contribution is 9.09. The highest BCUT2D eigenvalue weighted by atomic mass is 79.9. The van der Waals surface area contributed by atoms with E-state index < -0.39 is 11.6 Å². The van der Waals surface area contributed by atoms with E-state index in [0.29, 0.717) is 12.0 Å². The number of hydrogen-bond donors (Lipinski definition) is 0. The summed E-state index contributed by atoms with van der Waals surface area (Å²) in [5, 5.41) is 0.759. The van der Waals surface area contributed by atoms with Crippen molar-refractivity contribution in [3.63, 3.8) is 0 Å². The van der Waals surface area contributed by atoms with E-state index in [0.717, 1.165) is 11.4 Å². The van der Waals surface area contributed by atoms with Crippen molar-refractivity contribution in [3.05, 3.63) is 70.8 Å². The molecular weight excluding hydrogens is 310 g/mol. The molecule has 0 fully saturated rings. The van der Waals surface area contributed by atoms with Crippen LogP contribution in [0, 0.1) is 18.6 Å². The summed E-state index contributed by atoms with van der Waals surface area (Å²) in [4.78, 5) is 0. The molecule has 3 heteroatoms. The second-order valence-electron chi connectivity index (χ2n) is 4.75. The van der Waals surface area contributed by atoms with Gasteiger partial charge in [0, 0.05) is 11.4 Å². The zero-order valence-electron chi connectivity index (χ0n) is 10.7. The zero-order valence-corrected chi connectivity index (χ0v) is 12.3. The minimum Gasteiger partial charge on any atom is -0.207 e. The van der Waals surface area contributed by atoms with Crippen LogP contribution in [-0.2, 0) is 6.42 Å². The summed E-state index contributed by atoms with van der Waals surface area (Å²) in [5.74, 6) is -0.832. The minimum absolute atomic E-state index is 0.209. The summed E-state index contributed by atoms with van der Waals surface area (Å²) >= 11 is 3.48. The van der Waals surface area contributed by atoms with Gasteiger partial charge >= 0.3 is 0 Å². The first kappa shape index (κ1) is 14.2. The van der Waals surface area contributed by atoms with E-state index in [2.05, 4.69) is 28.1 Å². The van der Waals surface area contributed by atoms with Gasteiger partial charge in [-0.3, -0.25) is 0 Å². The molecule has 0 aromatic heterocycles. The number of halogens is 3. The smallest absolute Gasteiger partial charge is 0.126 e. The van der Waals surface area contributed by atoms with E-state index in [9.17, 15) is 8.78 Å². The fraction of sp³-hybridized carbons (Fsp3) is 0.250. The van der Waals surface area contributed by atoms with Crippen LogP contribution in [0.3, 0.4) is 0 Å². The molecule has 2 aromatic rings. The maximum Gasteiger partial charge on any atom is 0.126 e. The van der Waals surface area contributed by atoms with Gasteiger partial charge in [0.1, 0.15) is 11.6 Å². The molecular formula is C16H15BrF2. The van der Waals surface area contributed by atoms with Gasteiger partial charge in [-0.05, 0) is 42.5 Å². The van der Waals surface area contributed by atoms with E-state index >= 15 is 0 Å². The summed E-state index contributed by atoms with van der Waals surface area (Å²) in [6, 6.07) is 11.9. The number of rotatable bonds is 4. The number of benzene rings is 2. The molecule has 19 heavy (non-hydrogen) atoms. The molecule has 0 aliphatic rings. The molecule has 0 N–H and O–H groups in total. The quantitative estimate of drug-likeness (QED) is 0.695. The fourth-order valence-corrected chi connectivity index (χ4v) is 2.80. The van der Waals surface area contributed by atoms with Crippen LogP contribution in [0.4, 0.5) is 8.78 Å². The third kappa shape index (κ3) is 3.87. The first-order valence-corrected chi connectivity index (χ1v) is 7.28. The Labute approximate surface area is 120 Å². The average Bonchev–Trinajstić information content (AvgIpc) is 2.34. The molecule has 0 radical (unpaired) electrons. The summed E-state index contributed by atoms with van der Waals surface area (Å²) in [6.07, 6.45) is 0.614. The molecule has 0 heterocycles. The Hall–Kier alpha value is -1.22. The lowest BCUT2D eigenvalue weighted by atomic mass is 9.93. The summed E-state index contributed by atoms with van der Waals surface area (Å²) in [5.41, 5.74) is 3.05. The van der Waals surface area contributed by atoms with Crippen molar-refractivity contribution in [3.8, 4) is 0 Å². The van der Waals surface area contributed by atoms with Crippen LogP contribution in [0.2, 0.25) is 0 Å². The van der Waals surface area contributed by atoms with Crippen molar-refractivity contribution < 1.29 is 8.78 Å². The van der Waals surface area contributed by atoms with Crippen molar-refractivity contribution >= 4 is 15.9 Å². The predicted molar refractivity (Wildman–Crippen MR) is 77.8 cm³/mol. The molecule has 0 saturated carbocycles. The summed E-state index contributed by atoms with van der Waals surface area (Å²) < 4.78 is 26.4. The molecule has 0 aliphatic carbocycles. The lowest BCUT2D eigenvalue weighted by molar-refractivity contribution is 0.577. The maximum atomic E-state index is 13.2. The molecule has 1 unspecified atom stereocenters. The molecule has 0 bridgehead atoms. The molecule has 1 atom stereocenters. The Bertz CT molecular complexity index is 546. The Morgan fingerprint density at radius 2 is 1.74 bits per heavy atom. The minimum atomic E-state index is -0.521. The highest BCUT2D eigenvalue weighted by Gasteiger charge is 2.12. The molecule has 0 spiro atoms. The lowest BCUT2D eigenvalue weighted by Gasteiger charge is -2.15. The first-order valence-electron chi connectivity index (χ1n) is 6.16. The van der Waals surface area contributed by atoms with E-state index in [1.807, 2.05) is 19.1 Å². The van der Waals surface area contributed by atoms with Gasteiger partial charge in [0.25, 0.3) is 0 Å². The van der Waals surface area contributed by atoms with Crippen LogP contribution in [0.5, 0.6) is 0 Å². The molecule has 2 rings (SSSR count). The van der Waals surface area contributed by atoms with E-state index in [1.54, 1.807) is 0 Å². The number of alkyl halides is 1. The van der Waals surface area contributed by atoms with Crippen LogP contribution in [0.15, 0.2) is 42.5 Å². The zero-order chi connectivity index (χ0) is 13.8. The van der Waals surface area contributed by atoms with Crippen molar-refractivity contribution in [1.82, 2.24) is 0 Å². The van der Waals surface area contributed by atoms with Gasteiger partial charge in [0.2, 0.25) is 0 Å². The van der Waals surface area contributed by atoms with E-state index in [4.69, 9.17) is 0 Å². The molecule has 0 saturated heterocycles. The van der Waals surface area contributed by atoms with Crippen molar-refractivity contribution in [2.24, 2.45) is 0 Å². The monoisotopic (exact) mass is 324 g/mol. The topological polar surface area (TPSA) is 0 Å². The normalized spacial score (nSPS) is 12.4. The maximum absolute atomic E-state index is 13.2. The van der Waals surface area contributed by atoms with Crippen LogP contribution < -0.4 is 0 Å². The van der Waals surface area contributed by atoms with Crippen molar-refractivity contribution in [1.29, 1.82) is 0 Å². The van der Waals surface area contributed by atoms with E-state index in [-0.39, 0.29) is 5.92 Å². The van der Waals surface area contributed by atoms with Gasteiger partial charge < -0.3 is 0 Å². The van der Waals surface area contributed by atoms with Crippen molar-refractivity contribution in [2.75, 3.05) is 5.33 Å². The van der Waals surface area contributed by atoms with E-state index in [1.165, 1.54) is 23.3 Å². The van der Waals surface area contributed by atoms with Gasteiger partial charge in [-0.2, -0.15) is 0 Å². The average molecular weight is 325 g/mol. The number of hydrogen-bond acceptors (Lipinski definition) is 0. The van der Waals surface area contributed by atoms with Gasteiger partial charge in [-0.1, -0.05) is 45.8 Å². The standard InChI is InChI=1S/C16H15BrF2/c1-11-3-2-4-13(5-11)14(10-17)6-12-7-15(18)9-16(19)8-12/h2-5,7-9,14H,6,10H2,1H3. The third-order valence-electron chi connectivity index (χ3n) is 3.10. The van der Waals surface area contributed by atoms with Gasteiger partial charge in [-0.15, -0.1) is 0 Å². The molecule has 0 nitrogen and oxygen atoms in total. The molecule has 0 aliphatic heterocycles. The second-order valence-corrected chi connectivity index (χ2v) is 5.39. The Kier molecular flexibility index (Phi) is 4.70. The Morgan fingerprint density at radius 1 is 1.05 bits per heavy atom. The lowest BCUT2D eigenvalue weighted by Crippen LogP contribution is -2.05. The summed E-state index contributed by atoms with van der Waals surface area (Å²) in [7, 11) is 0. The van der Waals surface area contributed by atoms with Crippen LogP contribution in [0.1, 0.15) is 22.6 Å². The van der Waals surface area contributed by atoms with Crippen molar-refractivity contribution in [2.45, 2.75) is 19.3 Å². The first-order chi connectivity index (χ1) is 9.08. The number of aryl methyl sites for hydroxylation is 1.